The van der Waals surface area contributed by atoms with Crippen molar-refractivity contribution in [1.29, 1.82) is 0 Å². The summed E-state index contributed by atoms with van der Waals surface area (Å²) >= 11 is 1.41. The number of nitrogens with one attached hydrogen (secondary N) is 2. The molecular formula is C33H37BN6O6S. The lowest BCUT2D eigenvalue weighted by molar-refractivity contribution is -0.148. The molecule has 1 aliphatic heterocycles. The highest BCUT2D eigenvalue weighted by molar-refractivity contribution is 7.17. The summed E-state index contributed by atoms with van der Waals surface area (Å²) in [4.78, 5) is 67.7. The molecule has 1 saturated carbocycles. The Balaban J connectivity index is 1.42. The van der Waals surface area contributed by atoms with Gasteiger partial charge in [0.05, 0.1) is 19.2 Å². The molecule has 2 aliphatic rings. The Labute approximate surface area is 278 Å². The summed E-state index contributed by atoms with van der Waals surface area (Å²) in [5.41, 5.74) is -0.0223. The smallest absolute Gasteiger partial charge is 0.332 e. The number of thiophene rings is 1. The fourth-order valence-corrected chi connectivity index (χ4v) is 6.75. The second kappa shape index (κ2) is 14.9. The third kappa shape index (κ3) is 7.53. The van der Waals surface area contributed by atoms with Crippen LogP contribution in [-0.2, 0) is 19.1 Å². The monoisotopic (exact) mass is 656 g/mol. The third-order valence-corrected chi connectivity index (χ3v) is 9.40. The molecule has 0 unspecified atom stereocenters. The molecule has 0 spiro atoms. The summed E-state index contributed by atoms with van der Waals surface area (Å²) < 4.78 is 12.1. The fourth-order valence-electron chi connectivity index (χ4n) is 5.99. The van der Waals surface area contributed by atoms with Gasteiger partial charge in [-0.25, -0.2) is 9.78 Å². The maximum Gasteiger partial charge on any atom is 0.332 e. The molecule has 2 N–H and O–H groups in total. The summed E-state index contributed by atoms with van der Waals surface area (Å²) in [6.45, 7) is 7.53. The zero-order chi connectivity index (χ0) is 33.6. The number of ether oxygens (including phenoxy) is 2. The minimum Gasteiger partial charge on any atom is -0.471 e. The van der Waals surface area contributed by atoms with E-state index in [4.69, 9.17) is 17.3 Å². The lowest BCUT2D eigenvalue weighted by atomic mass is 10.0. The molecule has 2 radical (unpaired) electrons. The van der Waals surface area contributed by atoms with Gasteiger partial charge in [-0.15, -0.1) is 24.5 Å². The molecule has 0 bridgehead atoms. The molecule has 244 valence electrons. The number of pyridine rings is 1. The molecular weight excluding hydrogens is 619 g/mol. The van der Waals surface area contributed by atoms with Gasteiger partial charge in [0, 0.05) is 18.5 Å². The van der Waals surface area contributed by atoms with Crippen LogP contribution in [0.15, 0.2) is 61.2 Å². The van der Waals surface area contributed by atoms with Crippen molar-refractivity contribution in [3.8, 4) is 17.4 Å². The van der Waals surface area contributed by atoms with E-state index in [0.717, 1.165) is 19.3 Å². The minimum absolute atomic E-state index is 0.0240. The number of fused-ring (bicyclic) bond motifs is 1. The van der Waals surface area contributed by atoms with Crippen LogP contribution in [0.5, 0.6) is 5.88 Å². The summed E-state index contributed by atoms with van der Waals surface area (Å²) in [6, 6.07) is 5.30. The molecule has 14 heteroatoms. The van der Waals surface area contributed by atoms with Crippen molar-refractivity contribution in [1.82, 2.24) is 30.5 Å². The van der Waals surface area contributed by atoms with Crippen LogP contribution in [-0.4, -0.2) is 88.7 Å². The van der Waals surface area contributed by atoms with Crippen LogP contribution in [0.2, 0.25) is 0 Å². The first-order chi connectivity index (χ1) is 22.7. The molecule has 0 aromatic carbocycles. The summed E-state index contributed by atoms with van der Waals surface area (Å²) in [7, 11) is 6.72. The number of nitrogens with zero attached hydrogens (tertiary/aromatic N) is 4. The molecule has 12 nitrogen and oxygen atoms in total. The molecule has 3 aromatic rings. The second-order valence-electron chi connectivity index (χ2n) is 11.7. The number of carbonyl (C=O) groups excluding carboxylic acids is 4. The van der Waals surface area contributed by atoms with Crippen LogP contribution >= 0.6 is 11.3 Å². The number of hydrogen-bond acceptors (Lipinski definition) is 10. The van der Waals surface area contributed by atoms with Crippen molar-refractivity contribution < 1.29 is 28.7 Å². The van der Waals surface area contributed by atoms with Gasteiger partial charge < -0.3 is 25.0 Å². The number of esters is 1. The Morgan fingerprint density at radius 2 is 2.02 bits per heavy atom. The predicted molar refractivity (Wildman–Crippen MR) is 178 cm³/mol. The number of unbranched alkanes of at least 4 members (excludes halogenated alkanes) is 3. The van der Waals surface area contributed by atoms with Crippen molar-refractivity contribution >= 4 is 53.0 Å². The molecule has 3 aromatic heterocycles. The first-order valence-electron chi connectivity index (χ1n) is 15.5. The van der Waals surface area contributed by atoms with Crippen molar-refractivity contribution in [2.75, 3.05) is 13.7 Å². The van der Waals surface area contributed by atoms with Crippen LogP contribution in [0, 0.1) is 5.92 Å². The van der Waals surface area contributed by atoms with Crippen LogP contribution in [0.3, 0.4) is 0 Å². The lowest BCUT2D eigenvalue weighted by Gasteiger charge is -2.29. The summed E-state index contributed by atoms with van der Waals surface area (Å²) in [6.07, 6.45) is 8.38. The summed E-state index contributed by atoms with van der Waals surface area (Å²) in [5.74, 6) is -2.08. The average Bonchev–Trinajstić information content (AvgIpc) is 3.35. The van der Waals surface area contributed by atoms with E-state index in [1.807, 2.05) is 23.6 Å². The molecule has 5 atom stereocenters. The molecule has 5 rings (SSSR count). The van der Waals surface area contributed by atoms with Crippen LogP contribution in [0.4, 0.5) is 4.79 Å². The van der Waals surface area contributed by atoms with Gasteiger partial charge in [-0.05, 0) is 49.3 Å². The minimum atomic E-state index is -1.26. The Hall–Kier alpha value is -4.59. The van der Waals surface area contributed by atoms with Gasteiger partial charge in [0.2, 0.25) is 25.5 Å². The number of allylic oxidation sites excluding steroid dienone is 1. The van der Waals surface area contributed by atoms with Crippen LogP contribution < -0.4 is 15.4 Å². The maximum atomic E-state index is 14.1. The summed E-state index contributed by atoms with van der Waals surface area (Å²) in [5, 5.41) is 7.29. The molecule has 3 amide bonds. The Bertz CT molecular complexity index is 1650. The lowest BCUT2D eigenvalue weighted by Crippen LogP contribution is -2.56. The normalized spacial score (nSPS) is 22.2. The van der Waals surface area contributed by atoms with Gasteiger partial charge in [0.15, 0.2) is 11.6 Å². The van der Waals surface area contributed by atoms with E-state index in [0.29, 0.717) is 46.9 Å². The van der Waals surface area contributed by atoms with Gasteiger partial charge in [-0.1, -0.05) is 31.1 Å². The largest absolute Gasteiger partial charge is 0.471 e. The average molecular weight is 657 g/mol. The molecule has 47 heavy (non-hydrogen) atoms. The van der Waals surface area contributed by atoms with Crippen molar-refractivity contribution in [3.63, 3.8) is 0 Å². The fraction of sp³-hybridized carbons (Fsp3) is 0.424. The highest BCUT2D eigenvalue weighted by Gasteiger charge is 2.62. The SMILES string of the molecule is [B]C(=O)N[C@@H](CCCCCC=C)C(=O)N1C[C@H](Oc2nc(-c3ccccn3)nc3ccsc23)C[C@H]1C(=O)N[C@]1(C(=O)OC)C[C@H]1C=C. The number of rotatable bonds is 15. The maximum absolute atomic E-state index is 14.1. The molecule has 2 fully saturated rings. The van der Waals surface area contributed by atoms with Crippen molar-refractivity contribution in [3.05, 3.63) is 61.2 Å². The first kappa shape index (κ1) is 33.8. The highest BCUT2D eigenvalue weighted by atomic mass is 32.1. The van der Waals surface area contributed by atoms with Gasteiger partial charge >= 0.3 is 5.97 Å². The predicted octanol–water partition coefficient (Wildman–Crippen LogP) is 3.72. The Kier molecular flexibility index (Phi) is 10.7. The molecule has 1 aliphatic carbocycles. The zero-order valence-corrected chi connectivity index (χ0v) is 27.0. The first-order valence-corrected chi connectivity index (χ1v) is 16.4. The van der Waals surface area contributed by atoms with E-state index >= 15 is 0 Å². The quantitative estimate of drug-likeness (QED) is 0.108. The van der Waals surface area contributed by atoms with E-state index in [1.54, 1.807) is 24.4 Å². The Morgan fingerprint density at radius 1 is 1.19 bits per heavy atom. The zero-order valence-electron chi connectivity index (χ0n) is 26.2. The van der Waals surface area contributed by atoms with Gasteiger partial charge in [-0.2, -0.15) is 4.98 Å². The Morgan fingerprint density at radius 3 is 2.70 bits per heavy atom. The van der Waals surface area contributed by atoms with Crippen LogP contribution in [0.1, 0.15) is 44.9 Å². The third-order valence-electron chi connectivity index (χ3n) is 8.50. The van der Waals surface area contributed by atoms with E-state index in [-0.39, 0.29) is 18.9 Å². The van der Waals surface area contributed by atoms with E-state index < -0.39 is 47.3 Å². The van der Waals surface area contributed by atoms with E-state index in [9.17, 15) is 19.2 Å². The highest BCUT2D eigenvalue weighted by Crippen LogP contribution is 2.45. The number of hydrogen-bond donors (Lipinski definition) is 2. The van der Waals surface area contributed by atoms with Gasteiger partial charge in [0.1, 0.15) is 34.1 Å². The van der Waals surface area contributed by atoms with Crippen LogP contribution in [0.25, 0.3) is 21.7 Å². The molecule has 4 heterocycles. The van der Waals surface area contributed by atoms with E-state index in [1.165, 1.54) is 23.3 Å². The molecule has 1 saturated heterocycles. The van der Waals surface area contributed by atoms with Gasteiger partial charge in [-0.3, -0.25) is 19.4 Å². The number of likely N-dealkylation sites (tertiary alicyclic amines) is 1. The standard InChI is InChI=1S/C33H37BN6O6S/c1-4-6-7-8-9-13-24(37-32(34)44)30(42)40-19-21(17-25(40)28(41)39-33(31(43)45-3)18-20(33)5-2)46-29-26-22(14-16-47-26)36-27(38-29)23-12-10-11-15-35-23/h4-5,10-12,14-16,20-21,24-25H,1-2,6-9,13,17-19H2,3H3,(H,37,44)(H,39,41)/t20-,21-,24+,25+,33-/m1/s1. The number of carbonyl (C=O) groups is 4. The van der Waals surface area contributed by atoms with Crippen molar-refractivity contribution in [2.24, 2.45) is 5.92 Å². The van der Waals surface area contributed by atoms with Gasteiger partial charge in [0.25, 0.3) is 0 Å². The van der Waals surface area contributed by atoms with Crippen molar-refractivity contribution in [2.45, 2.75) is 68.7 Å². The topological polar surface area (TPSA) is 153 Å². The van der Waals surface area contributed by atoms with E-state index in [2.05, 4.69) is 38.7 Å². The second-order valence-corrected chi connectivity index (χ2v) is 12.6. The number of amides is 3. The number of methoxy groups -OCH3 is 1. The number of aromatic nitrogens is 3.